The van der Waals surface area contributed by atoms with E-state index in [9.17, 15) is 9.18 Å². The van der Waals surface area contributed by atoms with Gasteiger partial charge in [0.1, 0.15) is 12.1 Å². The topological polar surface area (TPSA) is 61.9 Å². The summed E-state index contributed by atoms with van der Waals surface area (Å²) in [6, 6.07) is 6.67. The first-order valence-electron chi connectivity index (χ1n) is 8.24. The number of amides is 1. The van der Waals surface area contributed by atoms with E-state index in [1.54, 1.807) is 12.1 Å². The molecule has 3 rings (SSSR count). The molecule has 0 saturated heterocycles. The average molecular weight is 348 g/mol. The van der Waals surface area contributed by atoms with E-state index < -0.39 is 0 Å². The van der Waals surface area contributed by atoms with Crippen LogP contribution in [0.4, 0.5) is 4.39 Å². The van der Waals surface area contributed by atoms with Crippen molar-refractivity contribution >= 4 is 17.7 Å². The maximum atomic E-state index is 13.1. The number of hydrogen-bond donors (Lipinski definition) is 1. The summed E-state index contributed by atoms with van der Waals surface area (Å²) >= 11 is 1.36. The van der Waals surface area contributed by atoms with E-state index >= 15 is 0 Å². The summed E-state index contributed by atoms with van der Waals surface area (Å²) in [4.78, 5) is 18.8. The largest absolute Gasteiger partial charge is 0.335 e. The van der Waals surface area contributed by atoms with Gasteiger partial charge in [-0.05, 0) is 30.5 Å². The fraction of sp³-hybridized carbons (Fsp3) is 0.471. The molecule has 1 heterocycles. The van der Waals surface area contributed by atoms with Crippen molar-refractivity contribution in [3.63, 3.8) is 0 Å². The highest BCUT2D eigenvalue weighted by atomic mass is 32.2. The number of H-pyrrole nitrogens is 1. The van der Waals surface area contributed by atoms with E-state index in [1.807, 2.05) is 4.90 Å². The predicted octanol–water partition coefficient (Wildman–Crippen LogP) is 3.40. The van der Waals surface area contributed by atoms with Crippen molar-refractivity contribution in [3.8, 4) is 0 Å². The third kappa shape index (κ3) is 4.56. The summed E-state index contributed by atoms with van der Waals surface area (Å²) < 4.78 is 13.1. The van der Waals surface area contributed by atoms with Gasteiger partial charge < -0.3 is 4.90 Å². The van der Waals surface area contributed by atoms with E-state index in [2.05, 4.69) is 15.2 Å². The van der Waals surface area contributed by atoms with Crippen molar-refractivity contribution in [2.75, 3.05) is 5.75 Å². The molecule has 1 aromatic carbocycles. The highest BCUT2D eigenvalue weighted by molar-refractivity contribution is 7.99. The minimum absolute atomic E-state index is 0.0904. The molecule has 1 aliphatic rings. The van der Waals surface area contributed by atoms with E-state index in [1.165, 1.54) is 36.6 Å². The van der Waals surface area contributed by atoms with Gasteiger partial charge in [-0.2, -0.15) is 5.10 Å². The number of nitrogens with one attached hydrogen (secondary N) is 1. The second kappa shape index (κ2) is 8.28. The van der Waals surface area contributed by atoms with Gasteiger partial charge in [-0.25, -0.2) is 9.37 Å². The van der Waals surface area contributed by atoms with Crippen molar-refractivity contribution in [1.82, 2.24) is 20.1 Å². The molecule has 5 nitrogen and oxygen atoms in total. The molecule has 1 N–H and O–H groups in total. The molecule has 128 valence electrons. The van der Waals surface area contributed by atoms with Crippen molar-refractivity contribution < 1.29 is 9.18 Å². The summed E-state index contributed by atoms with van der Waals surface area (Å²) in [7, 11) is 0. The number of aromatic nitrogens is 3. The number of hydrogen-bond acceptors (Lipinski definition) is 4. The number of carbonyl (C=O) groups excluding carboxylic acids is 1. The molecular formula is C17H21FN4OS. The van der Waals surface area contributed by atoms with Gasteiger partial charge in [-0.15, -0.1) is 0 Å². The number of benzene rings is 1. The van der Waals surface area contributed by atoms with Crippen LogP contribution in [0.3, 0.4) is 0 Å². The Morgan fingerprint density at radius 3 is 2.67 bits per heavy atom. The van der Waals surface area contributed by atoms with Crippen molar-refractivity contribution in [2.45, 2.75) is 49.8 Å². The van der Waals surface area contributed by atoms with Crippen LogP contribution in [0, 0.1) is 5.82 Å². The van der Waals surface area contributed by atoms with Crippen LogP contribution in [0.5, 0.6) is 0 Å². The lowest BCUT2D eigenvalue weighted by Crippen LogP contribution is -2.41. The number of nitrogens with zero attached hydrogens (tertiary/aromatic N) is 3. The highest BCUT2D eigenvalue weighted by Crippen LogP contribution is 2.25. The van der Waals surface area contributed by atoms with Crippen LogP contribution in [-0.4, -0.2) is 37.8 Å². The van der Waals surface area contributed by atoms with Crippen molar-refractivity contribution in [2.24, 2.45) is 0 Å². The van der Waals surface area contributed by atoms with Crippen LogP contribution >= 0.6 is 11.8 Å². The molecule has 0 radical (unpaired) electrons. The quantitative estimate of drug-likeness (QED) is 0.813. The lowest BCUT2D eigenvalue weighted by Gasteiger charge is -2.34. The van der Waals surface area contributed by atoms with Gasteiger partial charge in [0, 0.05) is 12.6 Å². The molecule has 2 aromatic rings. The molecular weight excluding hydrogens is 327 g/mol. The van der Waals surface area contributed by atoms with Gasteiger partial charge in [0.25, 0.3) is 0 Å². The number of halogens is 1. The second-order valence-electron chi connectivity index (χ2n) is 6.02. The van der Waals surface area contributed by atoms with E-state index in [4.69, 9.17) is 0 Å². The van der Waals surface area contributed by atoms with Gasteiger partial charge in [-0.3, -0.25) is 9.89 Å². The average Bonchev–Trinajstić information content (AvgIpc) is 3.13. The number of aromatic amines is 1. The standard InChI is InChI=1S/C17H21FN4OS/c18-14-8-6-13(7-9-14)10-22(15-4-2-1-3-5-15)16(23)11-24-17-19-12-20-21-17/h6-9,12,15H,1-5,10-11H2,(H,19,20,21). The van der Waals surface area contributed by atoms with Gasteiger partial charge >= 0.3 is 0 Å². The molecule has 24 heavy (non-hydrogen) atoms. The lowest BCUT2D eigenvalue weighted by atomic mass is 9.94. The molecule has 1 amide bonds. The normalized spacial score (nSPS) is 15.4. The third-order valence-corrected chi connectivity index (χ3v) is 5.19. The van der Waals surface area contributed by atoms with Gasteiger partial charge in [0.2, 0.25) is 5.91 Å². The zero-order valence-electron chi connectivity index (χ0n) is 13.4. The van der Waals surface area contributed by atoms with Crippen LogP contribution < -0.4 is 0 Å². The summed E-state index contributed by atoms with van der Waals surface area (Å²) in [5, 5.41) is 7.20. The Morgan fingerprint density at radius 2 is 2.00 bits per heavy atom. The zero-order chi connectivity index (χ0) is 16.8. The van der Waals surface area contributed by atoms with Crippen LogP contribution in [0.2, 0.25) is 0 Å². The first kappa shape index (κ1) is 17.0. The summed E-state index contributed by atoms with van der Waals surface area (Å²) in [5.74, 6) is 0.162. The van der Waals surface area contributed by atoms with Crippen LogP contribution in [0.1, 0.15) is 37.7 Å². The smallest absolute Gasteiger partial charge is 0.233 e. The summed E-state index contributed by atoms with van der Waals surface area (Å²) in [6.45, 7) is 0.529. The van der Waals surface area contributed by atoms with E-state index in [-0.39, 0.29) is 17.8 Å². The second-order valence-corrected chi connectivity index (χ2v) is 6.98. The Kier molecular flexibility index (Phi) is 5.85. The highest BCUT2D eigenvalue weighted by Gasteiger charge is 2.25. The van der Waals surface area contributed by atoms with Gasteiger partial charge in [0.05, 0.1) is 5.75 Å². The third-order valence-electron chi connectivity index (χ3n) is 4.33. The van der Waals surface area contributed by atoms with Crippen LogP contribution in [0.15, 0.2) is 35.7 Å². The fourth-order valence-corrected chi connectivity index (χ4v) is 3.74. The first-order valence-corrected chi connectivity index (χ1v) is 9.23. The molecule has 1 saturated carbocycles. The van der Waals surface area contributed by atoms with E-state index in [0.29, 0.717) is 17.5 Å². The monoisotopic (exact) mass is 348 g/mol. The number of thioether (sulfide) groups is 1. The molecule has 0 aliphatic heterocycles. The molecule has 0 bridgehead atoms. The molecule has 7 heteroatoms. The minimum Gasteiger partial charge on any atom is -0.335 e. The van der Waals surface area contributed by atoms with Crippen molar-refractivity contribution in [1.29, 1.82) is 0 Å². The first-order chi connectivity index (χ1) is 11.7. The van der Waals surface area contributed by atoms with Gasteiger partial charge in [-0.1, -0.05) is 43.2 Å². The SMILES string of the molecule is O=C(CSc1ncn[nH]1)N(Cc1ccc(F)cc1)C1CCCCC1. The Hall–Kier alpha value is -1.89. The molecule has 0 unspecified atom stereocenters. The number of rotatable bonds is 6. The summed E-state index contributed by atoms with van der Waals surface area (Å²) in [5.41, 5.74) is 0.958. The molecule has 1 fully saturated rings. The predicted molar refractivity (Wildman–Crippen MR) is 90.9 cm³/mol. The van der Waals surface area contributed by atoms with Crippen LogP contribution in [0.25, 0.3) is 0 Å². The Balaban J connectivity index is 1.68. The number of carbonyl (C=O) groups is 1. The van der Waals surface area contributed by atoms with E-state index in [0.717, 1.165) is 31.2 Å². The zero-order valence-corrected chi connectivity index (χ0v) is 14.3. The molecule has 0 spiro atoms. The van der Waals surface area contributed by atoms with Crippen molar-refractivity contribution in [3.05, 3.63) is 42.0 Å². The van der Waals surface area contributed by atoms with Gasteiger partial charge in [0.15, 0.2) is 5.16 Å². The molecule has 1 aliphatic carbocycles. The Bertz CT molecular complexity index is 641. The maximum absolute atomic E-state index is 13.1. The Labute approximate surface area is 145 Å². The lowest BCUT2D eigenvalue weighted by molar-refractivity contribution is -0.132. The molecule has 0 atom stereocenters. The fourth-order valence-electron chi connectivity index (χ4n) is 3.08. The Morgan fingerprint density at radius 1 is 1.25 bits per heavy atom. The van der Waals surface area contributed by atoms with Crippen LogP contribution in [-0.2, 0) is 11.3 Å². The maximum Gasteiger partial charge on any atom is 0.233 e. The minimum atomic E-state index is -0.254. The summed E-state index contributed by atoms with van der Waals surface area (Å²) in [6.07, 6.45) is 7.08. The molecule has 1 aromatic heterocycles.